The lowest BCUT2D eigenvalue weighted by atomic mass is 9.98. The van der Waals surface area contributed by atoms with E-state index in [2.05, 4.69) is 15.9 Å². The van der Waals surface area contributed by atoms with Gasteiger partial charge in [-0.3, -0.25) is 9.59 Å². The molecule has 0 bridgehead atoms. The molecule has 3 heterocycles. The van der Waals surface area contributed by atoms with Gasteiger partial charge in [-0.1, -0.05) is 91.0 Å². The summed E-state index contributed by atoms with van der Waals surface area (Å²) >= 11 is 3.56. The summed E-state index contributed by atoms with van der Waals surface area (Å²) in [6, 6.07) is 29.8. The summed E-state index contributed by atoms with van der Waals surface area (Å²) in [5, 5.41) is 10.4. The van der Waals surface area contributed by atoms with Crippen molar-refractivity contribution in [1.82, 2.24) is 4.90 Å². The normalized spacial score (nSPS) is 22.8. The van der Waals surface area contributed by atoms with Crippen LogP contribution in [0, 0.1) is 0 Å². The van der Waals surface area contributed by atoms with Crippen molar-refractivity contribution < 1.29 is 61.8 Å². The second-order valence-corrected chi connectivity index (χ2v) is 15.0. The first-order valence-electron chi connectivity index (χ1n) is 19.4. The summed E-state index contributed by atoms with van der Waals surface area (Å²) in [7, 11) is 2.80. The lowest BCUT2D eigenvalue weighted by molar-refractivity contribution is -0.319. The summed E-state index contributed by atoms with van der Waals surface area (Å²) in [5.41, 5.74) is 2.81. The summed E-state index contributed by atoms with van der Waals surface area (Å²) in [5.74, 6) is -0.781. The van der Waals surface area contributed by atoms with E-state index in [1.165, 1.54) is 21.1 Å². The number of amides is 2. The maximum Gasteiger partial charge on any atom is 0.417 e. The van der Waals surface area contributed by atoms with Gasteiger partial charge >= 0.3 is 12.1 Å². The zero-order chi connectivity index (χ0) is 41.7. The van der Waals surface area contributed by atoms with Gasteiger partial charge in [-0.25, -0.2) is 9.69 Å². The van der Waals surface area contributed by atoms with Crippen molar-refractivity contribution in [2.45, 2.75) is 88.4 Å². The van der Waals surface area contributed by atoms with Crippen molar-refractivity contribution in [1.29, 1.82) is 0 Å². The molecule has 15 heteroatoms. The molecule has 3 aromatic carbocycles. The summed E-state index contributed by atoms with van der Waals surface area (Å²) in [6.07, 6.45) is -6.14. The molecule has 8 unspecified atom stereocenters. The predicted octanol–water partition coefficient (Wildman–Crippen LogP) is 6.10. The van der Waals surface area contributed by atoms with Gasteiger partial charge in [0.15, 0.2) is 18.5 Å². The van der Waals surface area contributed by atoms with Gasteiger partial charge in [-0.05, 0) is 51.5 Å². The molecule has 2 amide bonds. The predicted molar refractivity (Wildman–Crippen MR) is 215 cm³/mol. The van der Waals surface area contributed by atoms with E-state index in [1.54, 1.807) is 6.07 Å². The van der Waals surface area contributed by atoms with Gasteiger partial charge in [-0.2, -0.15) is 0 Å². The van der Waals surface area contributed by atoms with Crippen LogP contribution in [0.5, 0.6) is 0 Å². The topological polar surface area (TPSA) is 162 Å². The average Bonchev–Trinajstić information content (AvgIpc) is 3.81. The fraction of sp³-hybridized carbons (Fsp3) is 0.432. The molecule has 2 fully saturated rings. The number of ether oxygens (including phenoxy) is 8. The van der Waals surface area contributed by atoms with Crippen LogP contribution in [-0.4, -0.2) is 105 Å². The van der Waals surface area contributed by atoms with E-state index in [1.807, 2.05) is 91.0 Å². The number of aliphatic hydroxyl groups excluding tert-OH is 1. The Morgan fingerprint density at radius 1 is 0.864 bits per heavy atom. The molecule has 8 atom stereocenters. The Morgan fingerprint density at radius 3 is 2.05 bits per heavy atom. The van der Waals surface area contributed by atoms with E-state index < -0.39 is 66.9 Å². The highest BCUT2D eigenvalue weighted by molar-refractivity contribution is 9.10. The number of aliphatic hydroxyl groups is 1. The molecule has 6 rings (SSSR count). The van der Waals surface area contributed by atoms with Crippen molar-refractivity contribution in [3.63, 3.8) is 0 Å². The smallest absolute Gasteiger partial charge is 0.417 e. The molecule has 14 nitrogen and oxygen atoms in total. The molecule has 2 saturated heterocycles. The molecule has 1 N–H and O–H groups in total. The minimum atomic E-state index is -1.43. The Bertz CT molecular complexity index is 1930. The minimum absolute atomic E-state index is 0.00798. The Morgan fingerprint density at radius 2 is 1.47 bits per heavy atom. The van der Waals surface area contributed by atoms with E-state index in [-0.39, 0.29) is 38.8 Å². The number of carbonyl (C=O) groups is 3. The van der Waals surface area contributed by atoms with Crippen molar-refractivity contribution in [3.05, 3.63) is 130 Å². The molecule has 316 valence electrons. The van der Waals surface area contributed by atoms with E-state index in [0.29, 0.717) is 29.5 Å². The zero-order valence-corrected chi connectivity index (χ0v) is 34.8. The van der Waals surface area contributed by atoms with Gasteiger partial charge in [0.1, 0.15) is 42.5 Å². The van der Waals surface area contributed by atoms with Gasteiger partial charge in [-0.15, -0.1) is 0 Å². The number of imide groups is 1. The minimum Gasteiger partial charge on any atom is -0.461 e. The number of hydrogen-bond donors (Lipinski definition) is 1. The molecule has 0 saturated carbocycles. The van der Waals surface area contributed by atoms with Gasteiger partial charge in [0.25, 0.3) is 5.91 Å². The molecule has 0 radical (unpaired) electrons. The van der Waals surface area contributed by atoms with Crippen LogP contribution in [0.3, 0.4) is 0 Å². The molecule has 0 spiro atoms. The molecule has 2 aliphatic heterocycles. The molecular weight excluding hydrogens is 830 g/mol. The number of methoxy groups -OCH3 is 2. The van der Waals surface area contributed by atoms with Crippen LogP contribution >= 0.6 is 15.9 Å². The van der Waals surface area contributed by atoms with Gasteiger partial charge in [0.2, 0.25) is 0 Å². The fourth-order valence-electron chi connectivity index (χ4n) is 7.21. The highest BCUT2D eigenvalue weighted by Crippen LogP contribution is 2.34. The quantitative estimate of drug-likeness (QED) is 0.0802. The average molecular weight is 881 g/mol. The highest BCUT2D eigenvalue weighted by atomic mass is 79.9. The van der Waals surface area contributed by atoms with Crippen LogP contribution in [0.4, 0.5) is 4.79 Å². The molecule has 59 heavy (non-hydrogen) atoms. The second-order valence-electron chi connectivity index (χ2n) is 14.2. The number of benzene rings is 3. The van der Waals surface area contributed by atoms with Gasteiger partial charge < -0.3 is 47.4 Å². The summed E-state index contributed by atoms with van der Waals surface area (Å²) in [6.45, 7) is 1.62. The summed E-state index contributed by atoms with van der Waals surface area (Å²) < 4.78 is 54.6. The van der Waals surface area contributed by atoms with E-state index in [9.17, 15) is 19.5 Å². The van der Waals surface area contributed by atoms with E-state index in [0.717, 1.165) is 21.6 Å². The number of hydrogen-bond acceptors (Lipinski definition) is 13. The number of carbonyl (C=O) groups excluding carboxylic acids is 3. The van der Waals surface area contributed by atoms with Crippen molar-refractivity contribution in [2.75, 3.05) is 34.0 Å². The molecule has 0 aliphatic carbocycles. The lowest BCUT2D eigenvalue weighted by Crippen LogP contribution is -2.61. The third-order valence-electron chi connectivity index (χ3n) is 10.1. The SMILES string of the molecule is COC1OC(CO)C(OCc2ccccc2)C(OCc2ccccc2)C1OCCCc1oc(C(OC(C)=O)C(OC)C(=O)N2C(=O)OCC2Cc2ccccc2)cc1Br. The first-order valence-corrected chi connectivity index (χ1v) is 20.2. The Kier molecular flexibility index (Phi) is 16.2. The Hall–Kier alpha value is -4.45. The third-order valence-corrected chi connectivity index (χ3v) is 10.7. The maximum absolute atomic E-state index is 14.0. The van der Waals surface area contributed by atoms with Gasteiger partial charge in [0.05, 0.1) is 30.3 Å². The number of esters is 1. The first-order chi connectivity index (χ1) is 28.7. The fourth-order valence-corrected chi connectivity index (χ4v) is 7.72. The van der Waals surface area contributed by atoms with Crippen molar-refractivity contribution >= 4 is 33.9 Å². The lowest BCUT2D eigenvalue weighted by Gasteiger charge is -2.45. The molecule has 4 aromatic rings. The van der Waals surface area contributed by atoms with Crippen molar-refractivity contribution in [3.8, 4) is 0 Å². The van der Waals surface area contributed by atoms with Gasteiger partial charge in [0, 0.05) is 34.2 Å². The highest BCUT2D eigenvalue weighted by Gasteiger charge is 2.49. The molecular formula is C44H50BrNO13. The largest absolute Gasteiger partial charge is 0.461 e. The zero-order valence-electron chi connectivity index (χ0n) is 33.2. The Labute approximate surface area is 351 Å². The maximum atomic E-state index is 14.0. The van der Waals surface area contributed by atoms with E-state index >= 15 is 0 Å². The number of nitrogens with zero attached hydrogens (tertiary/aromatic N) is 1. The number of furan rings is 1. The van der Waals surface area contributed by atoms with Crippen LogP contribution in [0.2, 0.25) is 0 Å². The number of halogens is 1. The molecule has 2 aliphatic rings. The monoisotopic (exact) mass is 879 g/mol. The molecule has 1 aromatic heterocycles. The number of aryl methyl sites for hydroxylation is 1. The van der Waals surface area contributed by atoms with Crippen LogP contribution in [0.1, 0.15) is 47.7 Å². The third kappa shape index (κ3) is 11.4. The van der Waals surface area contributed by atoms with E-state index in [4.69, 9.17) is 42.3 Å². The summed E-state index contributed by atoms with van der Waals surface area (Å²) in [4.78, 5) is 40.3. The second kappa shape index (κ2) is 21.7. The van der Waals surface area contributed by atoms with Crippen LogP contribution in [0.15, 0.2) is 106 Å². The number of rotatable bonds is 20. The Balaban J connectivity index is 1.15. The number of cyclic esters (lactones) is 1. The van der Waals surface area contributed by atoms with Crippen molar-refractivity contribution in [2.24, 2.45) is 0 Å². The van der Waals surface area contributed by atoms with Crippen LogP contribution in [0.25, 0.3) is 0 Å². The van der Waals surface area contributed by atoms with Crippen LogP contribution in [-0.2, 0) is 73.5 Å². The first kappa shape index (κ1) is 44.1. The standard InChI is InChI=1S/C44H50BrNO13/c1-28(48)57-38(40(51-2)42(49)46-32(27-56-44(46)50)22-29-14-7-4-8-15-29)35-23-33(45)34(58-35)20-13-21-53-41-39(55-26-31-18-11-6-12-19-31)37(36(24-47)59-43(41)52-3)54-25-30-16-9-5-10-17-30/h4-12,14-19,23,32,36-41,43,47H,13,20-22,24-27H2,1-3H3. The van der Waals surface area contributed by atoms with Crippen LogP contribution < -0.4 is 0 Å².